The lowest BCUT2D eigenvalue weighted by atomic mass is 9.99. The summed E-state index contributed by atoms with van der Waals surface area (Å²) < 4.78 is 14.5. The summed E-state index contributed by atoms with van der Waals surface area (Å²) in [7, 11) is 0. The van der Waals surface area contributed by atoms with Gasteiger partial charge in [0.15, 0.2) is 0 Å². The van der Waals surface area contributed by atoms with E-state index in [1.165, 1.54) is 6.07 Å². The lowest BCUT2D eigenvalue weighted by molar-refractivity contribution is -0.107. The van der Waals surface area contributed by atoms with Crippen molar-refractivity contribution < 1.29 is 9.18 Å². The molecular formula is C24H31ClFN3O. The predicted molar refractivity (Wildman–Crippen MR) is 122 cm³/mol. The van der Waals surface area contributed by atoms with Crippen LogP contribution in [0.5, 0.6) is 0 Å². The standard InChI is InChI=1S/C24H31ClFN3O/c1-18(8-12-27)28-13-9-23(10-14-28)29(17-20-16-21(25)4-7-24(20)26)22-5-2-19(3-6-22)11-15-30/h2-7,15-16,18,23H,8-14,17,27H2,1H3. The number of benzene rings is 2. The zero-order chi connectivity index (χ0) is 21.5. The van der Waals surface area contributed by atoms with Crippen molar-refractivity contribution in [2.75, 3.05) is 24.5 Å². The molecule has 30 heavy (non-hydrogen) atoms. The summed E-state index contributed by atoms with van der Waals surface area (Å²) in [5, 5.41) is 0.540. The summed E-state index contributed by atoms with van der Waals surface area (Å²) in [4.78, 5) is 15.6. The van der Waals surface area contributed by atoms with E-state index in [4.69, 9.17) is 17.3 Å². The highest BCUT2D eigenvalue weighted by molar-refractivity contribution is 6.30. The maximum Gasteiger partial charge on any atom is 0.128 e. The van der Waals surface area contributed by atoms with Crippen molar-refractivity contribution in [3.8, 4) is 0 Å². The molecule has 1 saturated heterocycles. The third-order valence-electron chi connectivity index (χ3n) is 6.08. The number of carbonyl (C=O) groups is 1. The average Bonchev–Trinajstić information content (AvgIpc) is 2.75. The van der Waals surface area contributed by atoms with E-state index in [-0.39, 0.29) is 5.82 Å². The molecule has 2 aromatic carbocycles. The summed E-state index contributed by atoms with van der Waals surface area (Å²) in [6.45, 7) is 5.40. The van der Waals surface area contributed by atoms with Crippen LogP contribution in [0.1, 0.15) is 37.3 Å². The largest absolute Gasteiger partial charge is 0.364 e. The van der Waals surface area contributed by atoms with Crippen molar-refractivity contribution in [1.29, 1.82) is 0 Å². The van der Waals surface area contributed by atoms with Gasteiger partial charge >= 0.3 is 0 Å². The van der Waals surface area contributed by atoms with Crippen LogP contribution in [0.25, 0.3) is 0 Å². The first-order chi connectivity index (χ1) is 14.5. The Morgan fingerprint density at radius 3 is 2.57 bits per heavy atom. The normalized spacial score (nSPS) is 16.4. The monoisotopic (exact) mass is 431 g/mol. The van der Waals surface area contributed by atoms with Crippen molar-refractivity contribution in [2.45, 2.75) is 51.2 Å². The number of halogens is 2. The van der Waals surface area contributed by atoms with Gasteiger partial charge in [0.05, 0.1) is 0 Å². The Bertz CT molecular complexity index is 822. The Morgan fingerprint density at radius 2 is 1.93 bits per heavy atom. The molecule has 3 rings (SSSR count). The van der Waals surface area contributed by atoms with Gasteiger partial charge in [-0.3, -0.25) is 0 Å². The zero-order valence-corrected chi connectivity index (χ0v) is 18.3. The second kappa shape index (κ2) is 10.9. The molecule has 0 radical (unpaired) electrons. The predicted octanol–water partition coefficient (Wildman–Crippen LogP) is 4.43. The van der Waals surface area contributed by atoms with Crippen LogP contribution in [0.15, 0.2) is 42.5 Å². The van der Waals surface area contributed by atoms with E-state index in [0.29, 0.717) is 42.2 Å². The topological polar surface area (TPSA) is 49.6 Å². The van der Waals surface area contributed by atoms with E-state index < -0.39 is 0 Å². The molecule has 162 valence electrons. The highest BCUT2D eigenvalue weighted by Gasteiger charge is 2.27. The first-order valence-electron chi connectivity index (χ1n) is 10.7. The molecule has 0 bridgehead atoms. The molecule has 0 amide bonds. The van der Waals surface area contributed by atoms with Gasteiger partial charge in [0.2, 0.25) is 0 Å². The molecule has 1 aliphatic rings. The number of nitrogens with two attached hydrogens (primary N) is 1. The van der Waals surface area contributed by atoms with E-state index in [0.717, 1.165) is 49.9 Å². The Hall–Kier alpha value is -1.95. The Labute approximate surface area is 183 Å². The van der Waals surface area contributed by atoms with Crippen LogP contribution in [0.3, 0.4) is 0 Å². The molecule has 0 aromatic heterocycles. The number of carbonyl (C=O) groups excluding carboxylic acids is 1. The first-order valence-corrected chi connectivity index (χ1v) is 11.1. The van der Waals surface area contributed by atoms with E-state index in [1.807, 2.05) is 24.3 Å². The molecule has 1 aliphatic heterocycles. The van der Waals surface area contributed by atoms with Gasteiger partial charge in [-0.2, -0.15) is 0 Å². The van der Waals surface area contributed by atoms with Gasteiger partial charge in [-0.1, -0.05) is 23.7 Å². The number of anilines is 1. The van der Waals surface area contributed by atoms with Gasteiger partial charge in [0.1, 0.15) is 12.1 Å². The Kier molecular flexibility index (Phi) is 8.25. The average molecular weight is 432 g/mol. The van der Waals surface area contributed by atoms with Gasteiger partial charge in [-0.25, -0.2) is 4.39 Å². The lowest BCUT2D eigenvalue weighted by Gasteiger charge is -2.42. The minimum Gasteiger partial charge on any atom is -0.364 e. The maximum atomic E-state index is 14.5. The van der Waals surface area contributed by atoms with Crippen LogP contribution in [0.2, 0.25) is 5.02 Å². The molecule has 0 aliphatic carbocycles. The molecule has 0 spiro atoms. The van der Waals surface area contributed by atoms with E-state index >= 15 is 0 Å². The van der Waals surface area contributed by atoms with Gasteiger partial charge in [-0.15, -0.1) is 0 Å². The quantitative estimate of drug-likeness (QED) is 0.597. The molecular weight excluding hydrogens is 401 g/mol. The second-order valence-corrected chi connectivity index (χ2v) is 8.53. The minimum atomic E-state index is -0.240. The highest BCUT2D eigenvalue weighted by Crippen LogP contribution is 2.28. The Morgan fingerprint density at radius 1 is 1.23 bits per heavy atom. The fraction of sp³-hybridized carbons (Fsp3) is 0.458. The molecule has 6 heteroatoms. The fourth-order valence-corrected chi connectivity index (χ4v) is 4.46. The lowest BCUT2D eigenvalue weighted by Crippen LogP contribution is -2.47. The van der Waals surface area contributed by atoms with Crippen molar-refractivity contribution in [1.82, 2.24) is 4.90 Å². The molecule has 1 atom stereocenters. The molecule has 1 fully saturated rings. The molecule has 1 unspecified atom stereocenters. The third kappa shape index (κ3) is 5.81. The zero-order valence-electron chi connectivity index (χ0n) is 17.6. The second-order valence-electron chi connectivity index (χ2n) is 8.09. The summed E-state index contributed by atoms with van der Waals surface area (Å²) in [6.07, 6.45) is 4.33. The summed E-state index contributed by atoms with van der Waals surface area (Å²) in [5.74, 6) is -0.240. The van der Waals surface area contributed by atoms with Crippen molar-refractivity contribution >= 4 is 23.6 Å². The molecule has 1 heterocycles. The van der Waals surface area contributed by atoms with Crippen LogP contribution in [-0.2, 0) is 17.8 Å². The highest BCUT2D eigenvalue weighted by atomic mass is 35.5. The SMILES string of the molecule is CC(CCN)N1CCC(N(Cc2cc(Cl)ccc2F)c2ccc(CC=O)cc2)CC1. The number of hydrogen-bond acceptors (Lipinski definition) is 4. The van der Waals surface area contributed by atoms with Crippen LogP contribution >= 0.6 is 11.6 Å². The smallest absolute Gasteiger partial charge is 0.128 e. The van der Waals surface area contributed by atoms with Crippen LogP contribution < -0.4 is 10.6 Å². The fourth-order valence-electron chi connectivity index (χ4n) is 4.26. The summed E-state index contributed by atoms with van der Waals surface area (Å²) in [6, 6.07) is 13.5. The number of likely N-dealkylation sites (tertiary alicyclic amines) is 1. The molecule has 2 aromatic rings. The molecule has 4 nitrogen and oxygen atoms in total. The summed E-state index contributed by atoms with van der Waals surface area (Å²) >= 11 is 6.14. The molecule has 2 N–H and O–H groups in total. The number of nitrogens with zero attached hydrogens (tertiary/aromatic N) is 2. The summed E-state index contributed by atoms with van der Waals surface area (Å²) in [5.41, 5.74) is 8.35. The maximum absolute atomic E-state index is 14.5. The van der Waals surface area contributed by atoms with Crippen molar-refractivity contribution in [3.63, 3.8) is 0 Å². The number of piperidine rings is 1. The van der Waals surface area contributed by atoms with Gasteiger partial charge in [0.25, 0.3) is 0 Å². The Balaban J connectivity index is 1.81. The van der Waals surface area contributed by atoms with Crippen LogP contribution in [0, 0.1) is 5.82 Å². The van der Waals surface area contributed by atoms with Crippen LogP contribution in [0.4, 0.5) is 10.1 Å². The van der Waals surface area contributed by atoms with Crippen LogP contribution in [-0.4, -0.2) is 42.9 Å². The van der Waals surface area contributed by atoms with E-state index in [9.17, 15) is 9.18 Å². The number of hydrogen-bond donors (Lipinski definition) is 1. The van der Waals surface area contributed by atoms with Gasteiger partial charge in [-0.05, 0) is 68.6 Å². The number of rotatable bonds is 9. The van der Waals surface area contributed by atoms with E-state index in [2.05, 4.69) is 16.7 Å². The number of aldehydes is 1. The van der Waals surface area contributed by atoms with Gasteiger partial charge in [0, 0.05) is 54.4 Å². The van der Waals surface area contributed by atoms with Crippen molar-refractivity contribution in [2.24, 2.45) is 5.73 Å². The first kappa shape index (κ1) is 22.7. The van der Waals surface area contributed by atoms with Crippen molar-refractivity contribution in [3.05, 3.63) is 64.4 Å². The minimum absolute atomic E-state index is 0.240. The third-order valence-corrected chi connectivity index (χ3v) is 6.32. The van der Waals surface area contributed by atoms with Gasteiger partial charge < -0.3 is 20.3 Å². The van der Waals surface area contributed by atoms with E-state index in [1.54, 1.807) is 12.1 Å². The molecule has 0 saturated carbocycles.